The number of anilines is 2. The highest BCUT2D eigenvalue weighted by molar-refractivity contribution is 7.22. The van der Waals surface area contributed by atoms with E-state index < -0.39 is 0 Å². The lowest BCUT2D eigenvalue weighted by atomic mass is 10.1. The van der Waals surface area contributed by atoms with Gasteiger partial charge < -0.3 is 14.8 Å². The Bertz CT molecular complexity index is 1050. The molecule has 3 heterocycles. The fraction of sp³-hybridized carbons (Fsp3) is 0.105. The number of nitrogens with one attached hydrogen (secondary N) is 1. The number of benzene rings is 1. The Hall–Kier alpha value is -3.19. The predicted molar refractivity (Wildman–Crippen MR) is 103 cm³/mol. The zero-order valence-electron chi connectivity index (χ0n) is 14.3. The molecule has 0 saturated carbocycles. The van der Waals surface area contributed by atoms with E-state index in [2.05, 4.69) is 26.3 Å². The average molecular weight is 364 g/mol. The number of nitrogens with zero attached hydrogens (tertiary/aromatic N) is 3. The molecule has 0 aliphatic rings. The Morgan fingerprint density at radius 1 is 0.962 bits per heavy atom. The van der Waals surface area contributed by atoms with E-state index in [0.717, 1.165) is 32.3 Å². The molecule has 0 unspecified atom stereocenters. The van der Waals surface area contributed by atoms with Gasteiger partial charge >= 0.3 is 0 Å². The largest absolute Gasteiger partial charge is 0.491 e. The summed E-state index contributed by atoms with van der Waals surface area (Å²) in [5.74, 6) is 1.85. The molecule has 4 rings (SSSR count). The fourth-order valence-corrected chi connectivity index (χ4v) is 3.51. The number of fused-ring (bicyclic) bond motifs is 1. The van der Waals surface area contributed by atoms with Crippen LogP contribution in [0.25, 0.3) is 21.3 Å². The summed E-state index contributed by atoms with van der Waals surface area (Å²) in [7, 11) is 3.18. The van der Waals surface area contributed by atoms with Gasteiger partial charge in [0.25, 0.3) is 5.88 Å². The van der Waals surface area contributed by atoms with Gasteiger partial charge in [-0.1, -0.05) is 23.5 Å². The third-order valence-electron chi connectivity index (χ3n) is 3.85. The van der Waals surface area contributed by atoms with Crippen LogP contribution >= 0.6 is 11.3 Å². The van der Waals surface area contributed by atoms with Gasteiger partial charge in [0.2, 0.25) is 0 Å². The molecule has 7 heteroatoms. The highest BCUT2D eigenvalue weighted by Crippen LogP contribution is 2.34. The first-order valence-electron chi connectivity index (χ1n) is 7.94. The van der Waals surface area contributed by atoms with Crippen LogP contribution in [0.2, 0.25) is 0 Å². The van der Waals surface area contributed by atoms with Crippen LogP contribution in [0.5, 0.6) is 11.6 Å². The number of hydrogen-bond donors (Lipinski definition) is 1. The van der Waals surface area contributed by atoms with Crippen molar-refractivity contribution in [3.05, 3.63) is 54.9 Å². The SMILES string of the molecule is COc1cc(-c2ccc3nc(Nc4ccccn4)sc3c2)cnc1OC. The fourth-order valence-electron chi connectivity index (χ4n) is 2.59. The molecule has 6 nitrogen and oxygen atoms in total. The Balaban J connectivity index is 1.67. The lowest BCUT2D eigenvalue weighted by Crippen LogP contribution is -1.93. The molecule has 3 aromatic heterocycles. The quantitative estimate of drug-likeness (QED) is 0.562. The van der Waals surface area contributed by atoms with Crippen molar-refractivity contribution in [2.45, 2.75) is 0 Å². The lowest BCUT2D eigenvalue weighted by Gasteiger charge is -2.08. The van der Waals surface area contributed by atoms with Crippen LogP contribution in [-0.4, -0.2) is 29.2 Å². The molecule has 0 amide bonds. The second-order valence-electron chi connectivity index (χ2n) is 5.48. The second-order valence-corrected chi connectivity index (χ2v) is 6.51. The van der Waals surface area contributed by atoms with Gasteiger partial charge in [-0.3, -0.25) is 0 Å². The molecule has 0 aliphatic carbocycles. The van der Waals surface area contributed by atoms with Crippen molar-refractivity contribution in [3.63, 3.8) is 0 Å². The second kappa shape index (κ2) is 6.97. The molecule has 0 fully saturated rings. The van der Waals surface area contributed by atoms with E-state index >= 15 is 0 Å². The minimum atomic E-state index is 0.469. The normalized spacial score (nSPS) is 10.7. The molecule has 0 bridgehead atoms. The summed E-state index contributed by atoms with van der Waals surface area (Å²) in [6, 6.07) is 13.8. The molecule has 130 valence electrons. The van der Waals surface area contributed by atoms with Gasteiger partial charge in [0.15, 0.2) is 10.9 Å². The number of ether oxygens (including phenoxy) is 2. The van der Waals surface area contributed by atoms with E-state index in [4.69, 9.17) is 9.47 Å². The van der Waals surface area contributed by atoms with Gasteiger partial charge in [-0.15, -0.1) is 0 Å². The van der Waals surface area contributed by atoms with Crippen molar-refractivity contribution in [2.24, 2.45) is 0 Å². The molecule has 0 saturated heterocycles. The summed E-state index contributed by atoms with van der Waals surface area (Å²) in [6.45, 7) is 0. The Morgan fingerprint density at radius 3 is 2.65 bits per heavy atom. The molecular weight excluding hydrogens is 348 g/mol. The van der Waals surface area contributed by atoms with E-state index in [1.165, 1.54) is 0 Å². The smallest absolute Gasteiger partial charge is 0.256 e. The molecular formula is C19H16N4O2S. The third-order valence-corrected chi connectivity index (χ3v) is 4.79. The summed E-state index contributed by atoms with van der Waals surface area (Å²) in [6.07, 6.45) is 3.52. The summed E-state index contributed by atoms with van der Waals surface area (Å²) < 4.78 is 11.6. The number of thiazole rings is 1. The monoisotopic (exact) mass is 364 g/mol. The van der Waals surface area contributed by atoms with E-state index in [0.29, 0.717) is 11.6 Å². The van der Waals surface area contributed by atoms with Gasteiger partial charge in [0.05, 0.1) is 24.4 Å². The minimum absolute atomic E-state index is 0.469. The Morgan fingerprint density at radius 2 is 1.88 bits per heavy atom. The number of rotatable bonds is 5. The zero-order chi connectivity index (χ0) is 17.9. The van der Waals surface area contributed by atoms with Gasteiger partial charge in [-0.05, 0) is 35.9 Å². The predicted octanol–water partition coefficient (Wildman–Crippen LogP) is 4.51. The Labute approximate surface area is 154 Å². The maximum absolute atomic E-state index is 5.34. The summed E-state index contributed by atoms with van der Waals surface area (Å²) in [5.41, 5.74) is 2.93. The van der Waals surface area contributed by atoms with Crippen LogP contribution in [0.4, 0.5) is 10.9 Å². The van der Waals surface area contributed by atoms with Crippen molar-refractivity contribution >= 4 is 32.5 Å². The van der Waals surface area contributed by atoms with Gasteiger partial charge in [-0.2, -0.15) is 0 Å². The first-order chi connectivity index (χ1) is 12.8. The van der Waals surface area contributed by atoms with Crippen molar-refractivity contribution in [2.75, 3.05) is 19.5 Å². The van der Waals surface area contributed by atoms with Crippen LogP contribution in [0.3, 0.4) is 0 Å². The van der Waals surface area contributed by atoms with Gasteiger partial charge in [-0.25, -0.2) is 15.0 Å². The third kappa shape index (κ3) is 3.16. The topological polar surface area (TPSA) is 69.2 Å². The van der Waals surface area contributed by atoms with E-state index in [1.54, 1.807) is 38.0 Å². The molecule has 26 heavy (non-hydrogen) atoms. The molecule has 0 atom stereocenters. The maximum Gasteiger partial charge on any atom is 0.256 e. The van der Waals surface area contributed by atoms with Crippen LogP contribution < -0.4 is 14.8 Å². The van der Waals surface area contributed by atoms with Gasteiger partial charge in [0.1, 0.15) is 5.82 Å². The molecule has 0 radical (unpaired) electrons. The Kier molecular flexibility index (Phi) is 4.37. The lowest BCUT2D eigenvalue weighted by molar-refractivity contribution is 0.343. The number of hydrogen-bond acceptors (Lipinski definition) is 7. The first kappa shape index (κ1) is 16.3. The maximum atomic E-state index is 5.34. The highest BCUT2D eigenvalue weighted by atomic mass is 32.1. The molecule has 1 N–H and O–H groups in total. The van der Waals surface area contributed by atoms with E-state index in [1.807, 2.05) is 36.4 Å². The summed E-state index contributed by atoms with van der Waals surface area (Å²) in [4.78, 5) is 13.2. The van der Waals surface area contributed by atoms with E-state index in [-0.39, 0.29) is 0 Å². The standard InChI is InChI=1S/C19H16N4O2S/c1-24-15-9-13(11-21-18(15)25-2)12-6-7-14-16(10-12)26-19(22-14)23-17-5-3-4-8-20-17/h3-11H,1-2H3,(H,20,22,23). The summed E-state index contributed by atoms with van der Waals surface area (Å²) in [5, 5.41) is 4.04. The molecule has 1 aromatic carbocycles. The first-order valence-corrected chi connectivity index (χ1v) is 8.75. The van der Waals surface area contributed by atoms with Crippen LogP contribution in [-0.2, 0) is 0 Å². The zero-order valence-corrected chi connectivity index (χ0v) is 15.1. The van der Waals surface area contributed by atoms with Crippen molar-refractivity contribution in [1.82, 2.24) is 15.0 Å². The number of aromatic nitrogens is 3. The highest BCUT2D eigenvalue weighted by Gasteiger charge is 2.10. The number of methoxy groups -OCH3 is 2. The van der Waals surface area contributed by atoms with Gasteiger partial charge in [0, 0.05) is 18.0 Å². The van der Waals surface area contributed by atoms with Crippen LogP contribution in [0, 0.1) is 0 Å². The van der Waals surface area contributed by atoms with E-state index in [9.17, 15) is 0 Å². The van der Waals surface area contributed by atoms with Crippen LogP contribution in [0.15, 0.2) is 54.9 Å². The minimum Gasteiger partial charge on any atom is -0.491 e. The van der Waals surface area contributed by atoms with Crippen molar-refractivity contribution in [1.29, 1.82) is 0 Å². The average Bonchev–Trinajstić information content (AvgIpc) is 3.09. The molecule has 0 spiro atoms. The van der Waals surface area contributed by atoms with Crippen molar-refractivity contribution < 1.29 is 9.47 Å². The van der Waals surface area contributed by atoms with Crippen molar-refractivity contribution in [3.8, 4) is 22.8 Å². The number of pyridine rings is 2. The summed E-state index contributed by atoms with van der Waals surface area (Å²) >= 11 is 1.58. The molecule has 4 aromatic rings. The van der Waals surface area contributed by atoms with Crippen LogP contribution in [0.1, 0.15) is 0 Å². The molecule has 0 aliphatic heterocycles.